The van der Waals surface area contributed by atoms with Crippen LogP contribution in [0.2, 0.25) is 0 Å². The van der Waals surface area contributed by atoms with Gasteiger partial charge < -0.3 is 5.32 Å². The third-order valence-electron chi connectivity index (χ3n) is 4.62. The summed E-state index contributed by atoms with van der Waals surface area (Å²) >= 11 is 0. The zero-order valence-corrected chi connectivity index (χ0v) is 12.9. The molecule has 0 radical (unpaired) electrons. The Morgan fingerprint density at radius 3 is 2.76 bits per heavy atom. The van der Waals surface area contributed by atoms with Gasteiger partial charge in [-0.3, -0.25) is 0 Å². The van der Waals surface area contributed by atoms with Crippen molar-refractivity contribution in [3.05, 3.63) is 42.5 Å². The lowest BCUT2D eigenvalue weighted by atomic mass is 9.78. The molecule has 0 spiro atoms. The standard InChI is InChI=1S/C17H24N4/c1-13-5-3-6-14(2)17(13)20-16-8-4-7-15(9-16)10-21-12-18-11-19-21/h4,7-9,11-14,17,20H,3,5-6,10H2,1-2H3. The lowest BCUT2D eigenvalue weighted by Crippen LogP contribution is -2.37. The third-order valence-corrected chi connectivity index (χ3v) is 4.62. The topological polar surface area (TPSA) is 42.7 Å². The van der Waals surface area contributed by atoms with Crippen LogP contribution in [0.1, 0.15) is 38.7 Å². The highest BCUT2D eigenvalue weighted by Gasteiger charge is 2.27. The van der Waals surface area contributed by atoms with Crippen molar-refractivity contribution in [2.45, 2.75) is 45.7 Å². The summed E-state index contributed by atoms with van der Waals surface area (Å²) in [7, 11) is 0. The maximum atomic E-state index is 4.17. The average Bonchev–Trinajstić information content (AvgIpc) is 2.96. The van der Waals surface area contributed by atoms with E-state index in [0.29, 0.717) is 6.04 Å². The van der Waals surface area contributed by atoms with Gasteiger partial charge in [0.2, 0.25) is 0 Å². The predicted octanol–water partition coefficient (Wildman–Crippen LogP) is 3.56. The molecule has 4 nitrogen and oxygen atoms in total. The van der Waals surface area contributed by atoms with Gasteiger partial charge in [-0.05, 0) is 42.4 Å². The molecule has 1 fully saturated rings. The molecule has 1 N–H and O–H groups in total. The third kappa shape index (κ3) is 3.43. The number of nitrogens with zero attached hydrogens (tertiary/aromatic N) is 3. The molecule has 112 valence electrons. The van der Waals surface area contributed by atoms with Crippen LogP contribution < -0.4 is 5.32 Å². The van der Waals surface area contributed by atoms with Gasteiger partial charge in [0.1, 0.15) is 12.7 Å². The predicted molar refractivity (Wildman–Crippen MR) is 85.2 cm³/mol. The molecule has 1 heterocycles. The summed E-state index contributed by atoms with van der Waals surface area (Å²) < 4.78 is 1.85. The minimum Gasteiger partial charge on any atom is -0.382 e. The van der Waals surface area contributed by atoms with E-state index >= 15 is 0 Å². The van der Waals surface area contributed by atoms with Gasteiger partial charge in [-0.2, -0.15) is 5.10 Å². The lowest BCUT2D eigenvalue weighted by molar-refractivity contribution is 0.268. The van der Waals surface area contributed by atoms with E-state index in [4.69, 9.17) is 0 Å². The summed E-state index contributed by atoms with van der Waals surface area (Å²) in [4.78, 5) is 3.99. The molecule has 0 saturated heterocycles. The summed E-state index contributed by atoms with van der Waals surface area (Å²) in [5.74, 6) is 1.49. The first-order valence-corrected chi connectivity index (χ1v) is 7.90. The molecular formula is C17H24N4. The minimum atomic E-state index is 0.584. The second-order valence-electron chi connectivity index (χ2n) is 6.35. The molecule has 3 rings (SSSR count). The Labute approximate surface area is 126 Å². The van der Waals surface area contributed by atoms with Gasteiger partial charge in [0.15, 0.2) is 0 Å². The summed E-state index contributed by atoms with van der Waals surface area (Å²) in [5.41, 5.74) is 2.47. The molecule has 1 aromatic carbocycles. The van der Waals surface area contributed by atoms with E-state index in [-0.39, 0.29) is 0 Å². The first kappa shape index (κ1) is 14.1. The normalized spacial score (nSPS) is 25.7. The van der Waals surface area contributed by atoms with Gasteiger partial charge in [0.05, 0.1) is 6.54 Å². The van der Waals surface area contributed by atoms with Crippen molar-refractivity contribution in [2.75, 3.05) is 5.32 Å². The second kappa shape index (κ2) is 6.29. The van der Waals surface area contributed by atoms with Crippen molar-refractivity contribution < 1.29 is 0 Å². The van der Waals surface area contributed by atoms with Gasteiger partial charge in [-0.15, -0.1) is 0 Å². The van der Waals surface area contributed by atoms with Gasteiger partial charge in [-0.1, -0.05) is 32.4 Å². The quantitative estimate of drug-likeness (QED) is 0.933. The molecule has 1 aromatic heterocycles. The van der Waals surface area contributed by atoms with Crippen LogP contribution in [0.4, 0.5) is 5.69 Å². The first-order chi connectivity index (χ1) is 10.2. The summed E-state index contributed by atoms with van der Waals surface area (Å²) in [5, 5.41) is 7.92. The Kier molecular flexibility index (Phi) is 4.23. The molecule has 4 heteroatoms. The fourth-order valence-corrected chi connectivity index (χ4v) is 3.42. The highest BCUT2D eigenvalue weighted by atomic mass is 15.3. The minimum absolute atomic E-state index is 0.584. The molecule has 2 atom stereocenters. The fraction of sp³-hybridized carbons (Fsp3) is 0.529. The summed E-state index contributed by atoms with van der Waals surface area (Å²) in [6, 6.07) is 9.24. The van der Waals surface area contributed by atoms with Gasteiger partial charge in [-0.25, -0.2) is 9.67 Å². The Morgan fingerprint density at radius 2 is 2.05 bits per heavy atom. The smallest absolute Gasteiger partial charge is 0.137 e. The molecule has 21 heavy (non-hydrogen) atoms. The maximum absolute atomic E-state index is 4.17. The van der Waals surface area contributed by atoms with Crippen molar-refractivity contribution in [3.63, 3.8) is 0 Å². The van der Waals surface area contributed by atoms with E-state index in [0.717, 1.165) is 18.4 Å². The largest absolute Gasteiger partial charge is 0.382 e. The molecule has 1 aliphatic carbocycles. The van der Waals surface area contributed by atoms with Crippen molar-refractivity contribution in [1.29, 1.82) is 0 Å². The number of hydrogen-bond donors (Lipinski definition) is 1. The average molecular weight is 284 g/mol. The number of hydrogen-bond acceptors (Lipinski definition) is 3. The Hall–Kier alpha value is -1.84. The molecule has 2 unspecified atom stereocenters. The molecule has 0 amide bonds. The number of rotatable bonds is 4. The van der Waals surface area contributed by atoms with E-state index in [9.17, 15) is 0 Å². The number of benzene rings is 1. The first-order valence-electron chi connectivity index (χ1n) is 7.90. The Bertz CT molecular complexity index is 554. The van der Waals surface area contributed by atoms with Crippen molar-refractivity contribution in [2.24, 2.45) is 11.8 Å². The molecule has 2 aromatic rings. The van der Waals surface area contributed by atoms with Crippen molar-refractivity contribution in [1.82, 2.24) is 14.8 Å². The van der Waals surface area contributed by atoms with Crippen molar-refractivity contribution in [3.8, 4) is 0 Å². The fourth-order valence-electron chi connectivity index (χ4n) is 3.42. The monoisotopic (exact) mass is 284 g/mol. The SMILES string of the molecule is CC1CCCC(C)C1Nc1cccc(Cn2cncn2)c1. The summed E-state index contributed by atoms with van der Waals surface area (Å²) in [6.07, 6.45) is 7.37. The molecular weight excluding hydrogens is 260 g/mol. The van der Waals surface area contributed by atoms with E-state index in [1.165, 1.54) is 30.5 Å². The summed E-state index contributed by atoms with van der Waals surface area (Å²) in [6.45, 7) is 5.50. The number of nitrogens with one attached hydrogen (secondary N) is 1. The van der Waals surface area contributed by atoms with Gasteiger partial charge in [0.25, 0.3) is 0 Å². The van der Waals surface area contributed by atoms with E-state index in [1.807, 2.05) is 4.68 Å². The lowest BCUT2D eigenvalue weighted by Gasteiger charge is -2.36. The van der Waals surface area contributed by atoms with Crippen molar-refractivity contribution >= 4 is 5.69 Å². The zero-order chi connectivity index (χ0) is 14.7. The highest BCUT2D eigenvalue weighted by molar-refractivity contribution is 5.47. The Morgan fingerprint density at radius 1 is 1.24 bits per heavy atom. The van der Waals surface area contributed by atoms with Crippen LogP contribution in [0.15, 0.2) is 36.9 Å². The molecule has 0 aliphatic heterocycles. The van der Waals surface area contributed by atoms with Crippen LogP contribution in [-0.2, 0) is 6.54 Å². The molecule has 0 bridgehead atoms. The van der Waals surface area contributed by atoms with Gasteiger partial charge in [0, 0.05) is 11.7 Å². The van der Waals surface area contributed by atoms with Crippen LogP contribution in [0.3, 0.4) is 0 Å². The molecule has 1 saturated carbocycles. The number of aromatic nitrogens is 3. The number of anilines is 1. The van der Waals surface area contributed by atoms with Crippen LogP contribution in [0.5, 0.6) is 0 Å². The van der Waals surface area contributed by atoms with E-state index in [1.54, 1.807) is 12.7 Å². The van der Waals surface area contributed by atoms with Gasteiger partial charge >= 0.3 is 0 Å². The van der Waals surface area contributed by atoms with Crippen LogP contribution >= 0.6 is 0 Å². The highest BCUT2D eigenvalue weighted by Crippen LogP contribution is 2.31. The molecule has 1 aliphatic rings. The zero-order valence-electron chi connectivity index (χ0n) is 12.9. The van der Waals surface area contributed by atoms with Crippen LogP contribution in [0, 0.1) is 11.8 Å². The van der Waals surface area contributed by atoms with Crippen LogP contribution in [-0.4, -0.2) is 20.8 Å². The maximum Gasteiger partial charge on any atom is 0.137 e. The van der Waals surface area contributed by atoms with E-state index in [2.05, 4.69) is 53.5 Å². The van der Waals surface area contributed by atoms with Crippen LogP contribution in [0.25, 0.3) is 0 Å². The van der Waals surface area contributed by atoms with E-state index < -0.39 is 0 Å². The Balaban J connectivity index is 1.70. The second-order valence-corrected chi connectivity index (χ2v) is 6.35.